The topological polar surface area (TPSA) is 21.8 Å². The molecule has 1 atom stereocenters. The molecule has 2 nitrogen and oxygen atoms in total. The highest BCUT2D eigenvalue weighted by molar-refractivity contribution is 9.11. The van der Waals surface area contributed by atoms with Gasteiger partial charge in [-0.1, -0.05) is 0 Å². The number of benzene rings is 1. The third kappa shape index (κ3) is 2.49. The lowest BCUT2D eigenvalue weighted by Gasteiger charge is -2.09. The molecule has 0 aliphatic carbocycles. The molecule has 0 saturated carbocycles. The van der Waals surface area contributed by atoms with E-state index in [2.05, 4.69) is 31.9 Å². The summed E-state index contributed by atoms with van der Waals surface area (Å²) in [5.41, 5.74) is 1.19. The maximum Gasteiger partial charge on any atom is 0.147 e. The SMILES string of the molecule is Cc1cc(Br)c(OC[C@@H]2CO2)c(Br)c1. The van der Waals surface area contributed by atoms with Crippen LogP contribution in [0.2, 0.25) is 0 Å². The van der Waals surface area contributed by atoms with Crippen LogP contribution in [0.25, 0.3) is 0 Å². The molecule has 2 rings (SSSR count). The van der Waals surface area contributed by atoms with Gasteiger partial charge in [0.15, 0.2) is 0 Å². The van der Waals surface area contributed by atoms with Gasteiger partial charge in [-0.25, -0.2) is 0 Å². The van der Waals surface area contributed by atoms with E-state index in [-0.39, 0.29) is 6.10 Å². The van der Waals surface area contributed by atoms with Gasteiger partial charge in [0, 0.05) is 0 Å². The van der Waals surface area contributed by atoms with E-state index in [0.717, 1.165) is 21.3 Å². The van der Waals surface area contributed by atoms with E-state index in [9.17, 15) is 0 Å². The number of halogens is 2. The second kappa shape index (κ2) is 4.21. The Bertz CT molecular complexity index is 325. The van der Waals surface area contributed by atoms with Crippen molar-refractivity contribution in [3.63, 3.8) is 0 Å². The normalized spacial score (nSPS) is 19.5. The molecule has 1 aromatic rings. The summed E-state index contributed by atoms with van der Waals surface area (Å²) >= 11 is 6.95. The molecule has 0 amide bonds. The summed E-state index contributed by atoms with van der Waals surface area (Å²) in [6, 6.07) is 4.07. The molecule has 0 bridgehead atoms. The lowest BCUT2D eigenvalue weighted by molar-refractivity contribution is 0.260. The average Bonchev–Trinajstić information content (AvgIpc) is 2.85. The van der Waals surface area contributed by atoms with Crippen molar-refractivity contribution in [3.8, 4) is 5.75 Å². The van der Waals surface area contributed by atoms with Crippen LogP contribution < -0.4 is 4.74 Å². The second-order valence-electron chi connectivity index (χ2n) is 3.32. The van der Waals surface area contributed by atoms with Gasteiger partial charge in [-0.05, 0) is 56.5 Å². The molecule has 1 aliphatic rings. The van der Waals surface area contributed by atoms with Crippen LogP contribution in [-0.4, -0.2) is 19.3 Å². The summed E-state index contributed by atoms with van der Waals surface area (Å²) in [6.45, 7) is 3.49. The monoisotopic (exact) mass is 320 g/mol. The predicted molar refractivity (Wildman–Crippen MR) is 61.8 cm³/mol. The van der Waals surface area contributed by atoms with Gasteiger partial charge in [-0.2, -0.15) is 0 Å². The Morgan fingerprint density at radius 3 is 2.50 bits per heavy atom. The van der Waals surface area contributed by atoms with Crippen LogP contribution in [0.5, 0.6) is 5.75 Å². The molecule has 1 aromatic carbocycles. The van der Waals surface area contributed by atoms with Crippen molar-refractivity contribution in [2.24, 2.45) is 0 Å². The Morgan fingerprint density at radius 2 is 2.00 bits per heavy atom. The van der Waals surface area contributed by atoms with Gasteiger partial charge in [0.1, 0.15) is 18.5 Å². The van der Waals surface area contributed by atoms with Crippen LogP contribution in [-0.2, 0) is 4.74 Å². The van der Waals surface area contributed by atoms with Crippen molar-refractivity contribution >= 4 is 31.9 Å². The van der Waals surface area contributed by atoms with Gasteiger partial charge in [-0.3, -0.25) is 0 Å². The Labute approximate surface area is 99.8 Å². The molecule has 1 aliphatic heterocycles. The molecule has 1 heterocycles. The Kier molecular flexibility index (Phi) is 3.14. The molecule has 76 valence electrons. The second-order valence-corrected chi connectivity index (χ2v) is 5.03. The zero-order valence-corrected chi connectivity index (χ0v) is 10.9. The molecule has 14 heavy (non-hydrogen) atoms. The van der Waals surface area contributed by atoms with Crippen molar-refractivity contribution in [1.29, 1.82) is 0 Å². The minimum Gasteiger partial charge on any atom is -0.488 e. The summed E-state index contributed by atoms with van der Waals surface area (Å²) in [7, 11) is 0. The fraction of sp³-hybridized carbons (Fsp3) is 0.400. The molecule has 0 unspecified atom stereocenters. The van der Waals surface area contributed by atoms with E-state index >= 15 is 0 Å². The van der Waals surface area contributed by atoms with E-state index in [0.29, 0.717) is 6.61 Å². The van der Waals surface area contributed by atoms with Crippen molar-refractivity contribution in [1.82, 2.24) is 0 Å². The summed E-state index contributed by atoms with van der Waals surface area (Å²) in [4.78, 5) is 0. The lowest BCUT2D eigenvalue weighted by Crippen LogP contribution is -2.05. The molecule has 0 N–H and O–H groups in total. The van der Waals surface area contributed by atoms with Crippen LogP contribution in [0.4, 0.5) is 0 Å². The maximum absolute atomic E-state index is 5.63. The van der Waals surface area contributed by atoms with Gasteiger partial charge >= 0.3 is 0 Å². The van der Waals surface area contributed by atoms with Crippen LogP contribution in [0.3, 0.4) is 0 Å². The molecular formula is C10H10Br2O2. The van der Waals surface area contributed by atoms with E-state index in [1.54, 1.807) is 0 Å². The fourth-order valence-electron chi connectivity index (χ4n) is 1.17. The van der Waals surface area contributed by atoms with Crippen LogP contribution in [0.15, 0.2) is 21.1 Å². The zero-order valence-electron chi connectivity index (χ0n) is 7.72. The zero-order chi connectivity index (χ0) is 10.1. The van der Waals surface area contributed by atoms with E-state index in [1.807, 2.05) is 19.1 Å². The molecule has 4 heteroatoms. The summed E-state index contributed by atoms with van der Waals surface area (Å²) in [5, 5.41) is 0. The number of ether oxygens (including phenoxy) is 2. The highest BCUT2D eigenvalue weighted by Gasteiger charge is 2.23. The standard InChI is InChI=1S/C10H10Br2O2/c1-6-2-8(11)10(9(12)3-6)14-5-7-4-13-7/h2-3,7H,4-5H2,1H3/t7-/m0/s1. The van der Waals surface area contributed by atoms with E-state index in [1.165, 1.54) is 5.56 Å². The Hall–Kier alpha value is -0.0600. The smallest absolute Gasteiger partial charge is 0.147 e. The first-order chi connectivity index (χ1) is 6.66. The largest absolute Gasteiger partial charge is 0.488 e. The van der Waals surface area contributed by atoms with Crippen molar-refractivity contribution < 1.29 is 9.47 Å². The van der Waals surface area contributed by atoms with Crippen molar-refractivity contribution in [3.05, 3.63) is 26.6 Å². The van der Waals surface area contributed by atoms with Crippen LogP contribution in [0.1, 0.15) is 5.56 Å². The maximum atomic E-state index is 5.63. The van der Waals surface area contributed by atoms with E-state index < -0.39 is 0 Å². The number of hydrogen-bond acceptors (Lipinski definition) is 2. The average molecular weight is 322 g/mol. The highest BCUT2D eigenvalue weighted by Crippen LogP contribution is 2.35. The highest BCUT2D eigenvalue weighted by atomic mass is 79.9. The summed E-state index contributed by atoms with van der Waals surface area (Å²) < 4.78 is 12.7. The third-order valence-corrected chi connectivity index (χ3v) is 3.14. The first kappa shape index (κ1) is 10.5. The Morgan fingerprint density at radius 1 is 1.43 bits per heavy atom. The molecular weight excluding hydrogens is 312 g/mol. The van der Waals surface area contributed by atoms with Gasteiger partial charge in [-0.15, -0.1) is 0 Å². The number of rotatable bonds is 3. The van der Waals surface area contributed by atoms with Gasteiger partial charge in [0.2, 0.25) is 0 Å². The minimum atomic E-state index is 0.287. The first-order valence-corrected chi connectivity index (χ1v) is 5.95. The molecule has 0 aromatic heterocycles. The molecule has 0 spiro atoms. The van der Waals surface area contributed by atoms with Gasteiger partial charge in [0.05, 0.1) is 15.6 Å². The van der Waals surface area contributed by atoms with Crippen molar-refractivity contribution in [2.75, 3.05) is 13.2 Å². The quantitative estimate of drug-likeness (QED) is 0.797. The summed E-state index contributed by atoms with van der Waals surface area (Å²) in [5.74, 6) is 0.853. The van der Waals surface area contributed by atoms with Crippen LogP contribution in [0, 0.1) is 6.92 Å². The first-order valence-electron chi connectivity index (χ1n) is 4.37. The molecule has 0 radical (unpaired) electrons. The van der Waals surface area contributed by atoms with Gasteiger partial charge < -0.3 is 9.47 Å². The minimum absolute atomic E-state index is 0.287. The predicted octanol–water partition coefficient (Wildman–Crippen LogP) is 3.30. The lowest BCUT2D eigenvalue weighted by atomic mass is 10.2. The molecule has 1 fully saturated rings. The third-order valence-electron chi connectivity index (χ3n) is 1.96. The summed E-state index contributed by atoms with van der Waals surface area (Å²) in [6.07, 6.45) is 0.287. The van der Waals surface area contributed by atoms with E-state index in [4.69, 9.17) is 9.47 Å². The van der Waals surface area contributed by atoms with Gasteiger partial charge in [0.25, 0.3) is 0 Å². The molecule has 1 saturated heterocycles. The fourth-order valence-corrected chi connectivity index (χ4v) is 2.81. The number of aryl methyl sites for hydroxylation is 1. The number of epoxide rings is 1. The Balaban J connectivity index is 2.13. The van der Waals surface area contributed by atoms with Crippen molar-refractivity contribution in [2.45, 2.75) is 13.0 Å². The number of hydrogen-bond donors (Lipinski definition) is 0. The van der Waals surface area contributed by atoms with Crippen LogP contribution >= 0.6 is 31.9 Å².